The molecule has 2 aromatic rings. The maximum absolute atomic E-state index is 12.2. The highest BCUT2D eigenvalue weighted by Crippen LogP contribution is 2.18. The van der Waals surface area contributed by atoms with Crippen molar-refractivity contribution >= 4 is 5.96 Å². The molecule has 1 N–H and O–H groups in total. The number of aliphatic imine (C=N–C) groups is 1. The van der Waals surface area contributed by atoms with E-state index in [1.165, 1.54) is 5.56 Å². The SMILES string of the molecule is CN=C(NCc1ccc(COCC(F)(F)F)cc1)N1CCC(COCc2ccccc2)C1. The van der Waals surface area contributed by atoms with Crippen molar-refractivity contribution in [3.05, 3.63) is 71.3 Å². The van der Waals surface area contributed by atoms with Crippen LogP contribution in [0.25, 0.3) is 0 Å². The minimum absolute atomic E-state index is 0.0591. The molecule has 1 fully saturated rings. The van der Waals surface area contributed by atoms with Crippen LogP contribution >= 0.6 is 0 Å². The van der Waals surface area contributed by atoms with Crippen molar-refractivity contribution in [2.75, 3.05) is 33.4 Å². The first-order chi connectivity index (χ1) is 15.4. The Morgan fingerprint density at radius 3 is 2.34 bits per heavy atom. The van der Waals surface area contributed by atoms with Gasteiger partial charge >= 0.3 is 6.18 Å². The second-order valence-electron chi connectivity index (χ2n) is 7.93. The zero-order valence-corrected chi connectivity index (χ0v) is 18.3. The van der Waals surface area contributed by atoms with E-state index in [4.69, 9.17) is 9.47 Å². The highest BCUT2D eigenvalue weighted by Gasteiger charge is 2.27. The summed E-state index contributed by atoms with van der Waals surface area (Å²) < 4.78 is 47.1. The van der Waals surface area contributed by atoms with Gasteiger partial charge in [0.05, 0.1) is 19.8 Å². The molecule has 1 saturated heterocycles. The predicted molar refractivity (Wildman–Crippen MR) is 118 cm³/mol. The molecule has 1 aliphatic rings. The average molecular weight is 450 g/mol. The topological polar surface area (TPSA) is 46.1 Å². The first-order valence-electron chi connectivity index (χ1n) is 10.7. The molecular weight excluding hydrogens is 419 g/mol. The fraction of sp³-hybridized carbons (Fsp3) is 0.458. The van der Waals surface area contributed by atoms with E-state index in [1.54, 1.807) is 19.2 Å². The van der Waals surface area contributed by atoms with Gasteiger partial charge in [-0.15, -0.1) is 0 Å². The molecule has 1 aliphatic heterocycles. The second-order valence-corrected chi connectivity index (χ2v) is 7.93. The minimum atomic E-state index is -4.30. The van der Waals surface area contributed by atoms with Crippen LogP contribution in [0, 0.1) is 5.92 Å². The zero-order valence-electron chi connectivity index (χ0n) is 18.3. The molecule has 1 heterocycles. The van der Waals surface area contributed by atoms with Crippen molar-refractivity contribution in [2.45, 2.75) is 32.4 Å². The predicted octanol–water partition coefficient (Wildman–Crippen LogP) is 4.38. The Kier molecular flexibility index (Phi) is 8.93. The minimum Gasteiger partial charge on any atom is -0.376 e. The summed E-state index contributed by atoms with van der Waals surface area (Å²) in [4.78, 5) is 6.62. The number of hydrogen-bond donors (Lipinski definition) is 1. The van der Waals surface area contributed by atoms with Crippen molar-refractivity contribution in [1.29, 1.82) is 0 Å². The molecule has 0 bridgehead atoms. The highest BCUT2D eigenvalue weighted by atomic mass is 19.4. The lowest BCUT2D eigenvalue weighted by Gasteiger charge is -2.22. The molecule has 0 radical (unpaired) electrons. The Hall–Kier alpha value is -2.58. The van der Waals surface area contributed by atoms with Gasteiger partial charge in [-0.25, -0.2) is 0 Å². The molecule has 1 unspecified atom stereocenters. The first kappa shape index (κ1) is 24.1. The van der Waals surface area contributed by atoms with E-state index in [-0.39, 0.29) is 6.61 Å². The van der Waals surface area contributed by atoms with Gasteiger partial charge in [0, 0.05) is 32.6 Å². The molecule has 0 aliphatic carbocycles. The van der Waals surface area contributed by atoms with Gasteiger partial charge in [0.25, 0.3) is 0 Å². The number of halogens is 3. The molecule has 8 heteroatoms. The molecule has 0 saturated carbocycles. The van der Waals surface area contributed by atoms with Gasteiger partial charge in [-0.1, -0.05) is 54.6 Å². The number of benzene rings is 2. The molecule has 3 rings (SSSR count). The summed E-state index contributed by atoms with van der Waals surface area (Å²) in [6, 6.07) is 17.5. The number of guanidine groups is 1. The smallest absolute Gasteiger partial charge is 0.376 e. The summed E-state index contributed by atoms with van der Waals surface area (Å²) in [5.74, 6) is 1.31. The zero-order chi connectivity index (χ0) is 22.8. The molecule has 32 heavy (non-hydrogen) atoms. The Labute approximate surface area is 187 Å². The normalized spacial score (nSPS) is 17.1. The van der Waals surface area contributed by atoms with E-state index in [2.05, 4.69) is 27.3 Å². The summed E-state index contributed by atoms with van der Waals surface area (Å²) in [6.45, 7) is 2.46. The van der Waals surface area contributed by atoms with Crippen LogP contribution in [0.3, 0.4) is 0 Å². The summed E-state index contributed by atoms with van der Waals surface area (Å²) in [5, 5.41) is 3.37. The van der Waals surface area contributed by atoms with E-state index in [0.717, 1.165) is 37.6 Å². The molecule has 2 aromatic carbocycles. The number of ether oxygens (including phenoxy) is 2. The van der Waals surface area contributed by atoms with Gasteiger partial charge in [-0.3, -0.25) is 4.99 Å². The van der Waals surface area contributed by atoms with Crippen LogP contribution in [0.2, 0.25) is 0 Å². The maximum atomic E-state index is 12.2. The van der Waals surface area contributed by atoms with Gasteiger partial charge in [0.1, 0.15) is 6.61 Å². The van der Waals surface area contributed by atoms with Gasteiger partial charge in [0.15, 0.2) is 5.96 Å². The van der Waals surface area contributed by atoms with Crippen molar-refractivity contribution in [2.24, 2.45) is 10.9 Å². The number of hydrogen-bond acceptors (Lipinski definition) is 3. The molecule has 0 amide bonds. The Morgan fingerprint density at radius 2 is 1.66 bits per heavy atom. The van der Waals surface area contributed by atoms with Crippen LogP contribution in [0.15, 0.2) is 59.6 Å². The summed E-state index contributed by atoms with van der Waals surface area (Å²) in [6.07, 6.45) is -3.25. The molecule has 0 spiro atoms. The lowest BCUT2D eigenvalue weighted by molar-refractivity contribution is -0.176. The second kappa shape index (κ2) is 11.9. The fourth-order valence-electron chi connectivity index (χ4n) is 3.63. The number of alkyl halides is 3. The van der Waals surface area contributed by atoms with Gasteiger partial charge in [-0.2, -0.15) is 13.2 Å². The molecule has 5 nitrogen and oxygen atoms in total. The largest absolute Gasteiger partial charge is 0.411 e. The molecule has 174 valence electrons. The van der Waals surface area contributed by atoms with Crippen LogP contribution in [0.4, 0.5) is 13.2 Å². The van der Waals surface area contributed by atoms with Crippen molar-refractivity contribution in [1.82, 2.24) is 10.2 Å². The van der Waals surface area contributed by atoms with E-state index >= 15 is 0 Å². The molecule has 0 aromatic heterocycles. The Bertz CT molecular complexity index is 842. The van der Waals surface area contributed by atoms with E-state index in [9.17, 15) is 13.2 Å². The van der Waals surface area contributed by atoms with Gasteiger partial charge in [-0.05, 0) is 23.1 Å². The van der Waals surface area contributed by atoms with E-state index in [1.807, 2.05) is 30.3 Å². The standard InChI is InChI=1S/C24H30F3N3O2/c1-28-23(29-13-19-7-9-21(10-8-19)16-32-18-24(25,26)27)30-12-11-22(14-30)17-31-15-20-5-3-2-4-6-20/h2-10,22H,11-18H2,1H3,(H,28,29). The van der Waals surface area contributed by atoms with Crippen molar-refractivity contribution in [3.63, 3.8) is 0 Å². The monoisotopic (exact) mass is 449 g/mol. The van der Waals surface area contributed by atoms with Crippen molar-refractivity contribution in [3.8, 4) is 0 Å². The lowest BCUT2D eigenvalue weighted by Crippen LogP contribution is -2.39. The van der Waals surface area contributed by atoms with Crippen molar-refractivity contribution < 1.29 is 22.6 Å². The lowest BCUT2D eigenvalue weighted by atomic mass is 10.1. The summed E-state index contributed by atoms with van der Waals surface area (Å²) >= 11 is 0. The number of rotatable bonds is 9. The van der Waals surface area contributed by atoms with Crippen LogP contribution in [0.1, 0.15) is 23.1 Å². The third kappa shape index (κ3) is 8.16. The summed E-state index contributed by atoms with van der Waals surface area (Å²) in [5.41, 5.74) is 2.91. The van der Waals surface area contributed by atoms with Crippen LogP contribution < -0.4 is 5.32 Å². The van der Waals surface area contributed by atoms with Crippen LogP contribution in [0.5, 0.6) is 0 Å². The third-order valence-corrected chi connectivity index (χ3v) is 5.27. The number of likely N-dealkylation sites (tertiary alicyclic amines) is 1. The highest BCUT2D eigenvalue weighted by molar-refractivity contribution is 5.80. The quantitative estimate of drug-likeness (QED) is 0.456. The van der Waals surface area contributed by atoms with E-state index < -0.39 is 12.8 Å². The first-order valence-corrected chi connectivity index (χ1v) is 10.7. The number of nitrogens with one attached hydrogen (secondary N) is 1. The summed E-state index contributed by atoms with van der Waals surface area (Å²) in [7, 11) is 1.77. The van der Waals surface area contributed by atoms with Gasteiger partial charge < -0.3 is 19.7 Å². The average Bonchev–Trinajstić information content (AvgIpc) is 3.24. The van der Waals surface area contributed by atoms with E-state index in [0.29, 0.717) is 24.6 Å². The number of nitrogens with zero attached hydrogens (tertiary/aromatic N) is 2. The fourth-order valence-corrected chi connectivity index (χ4v) is 3.63. The molecule has 1 atom stereocenters. The maximum Gasteiger partial charge on any atom is 0.411 e. The van der Waals surface area contributed by atoms with Gasteiger partial charge in [0.2, 0.25) is 0 Å². The third-order valence-electron chi connectivity index (χ3n) is 5.27. The Morgan fingerprint density at radius 1 is 1.00 bits per heavy atom. The molecular formula is C24H30F3N3O2. The van der Waals surface area contributed by atoms with Crippen LogP contribution in [-0.2, 0) is 29.2 Å². The Balaban J connectivity index is 1.38. The van der Waals surface area contributed by atoms with Crippen LogP contribution in [-0.4, -0.2) is 50.4 Å².